The smallest absolute Gasteiger partial charge is 0.428 e. The van der Waals surface area contributed by atoms with Crippen LogP contribution >= 0.6 is 11.6 Å². The van der Waals surface area contributed by atoms with Crippen molar-refractivity contribution in [2.24, 2.45) is 0 Å². The molecule has 230 valence electrons. The molecular weight excluding hydrogens is 623 g/mol. The van der Waals surface area contributed by atoms with Gasteiger partial charge < -0.3 is 9.29 Å². The summed E-state index contributed by atoms with van der Waals surface area (Å²) in [4.78, 5) is 13.4. The molecule has 0 saturated carbocycles. The highest BCUT2D eigenvalue weighted by molar-refractivity contribution is 7.97. The molecule has 3 aromatic rings. The van der Waals surface area contributed by atoms with E-state index in [1.165, 1.54) is 36.4 Å². The second kappa shape index (κ2) is 17.4. The Labute approximate surface area is 250 Å². The molecule has 0 spiro atoms. The van der Waals surface area contributed by atoms with Gasteiger partial charge in [-0.25, -0.2) is 26.4 Å². The molecule has 0 amide bonds. The van der Waals surface area contributed by atoms with E-state index in [-0.39, 0.29) is 24.1 Å². The van der Waals surface area contributed by atoms with Crippen molar-refractivity contribution < 1.29 is 44.5 Å². The fraction of sp³-hybridized carbons (Fsp3) is 0.345. The van der Waals surface area contributed by atoms with Crippen molar-refractivity contribution in [1.29, 1.82) is 0 Å². The molecule has 0 bridgehead atoms. The third-order valence-electron chi connectivity index (χ3n) is 5.71. The summed E-state index contributed by atoms with van der Waals surface area (Å²) in [6.07, 6.45) is 5.86. The van der Waals surface area contributed by atoms with E-state index in [4.69, 9.17) is 11.6 Å². The molecule has 3 aromatic carbocycles. The van der Waals surface area contributed by atoms with E-state index in [1.807, 2.05) is 0 Å². The van der Waals surface area contributed by atoms with Gasteiger partial charge in [-0.3, -0.25) is 0 Å². The Bertz CT molecular complexity index is 1230. The van der Waals surface area contributed by atoms with Crippen LogP contribution in [0, 0.1) is 17.5 Å². The fourth-order valence-electron chi connectivity index (χ4n) is 3.55. The zero-order valence-corrected chi connectivity index (χ0v) is 24.8. The van der Waals surface area contributed by atoms with Crippen LogP contribution in [0.3, 0.4) is 0 Å². The van der Waals surface area contributed by atoms with Gasteiger partial charge in [0.2, 0.25) is 0 Å². The number of rotatable bonds is 14. The van der Waals surface area contributed by atoms with Crippen molar-refractivity contribution in [3.8, 4) is 0 Å². The average molecular weight is 653 g/mol. The van der Waals surface area contributed by atoms with Gasteiger partial charge in [-0.05, 0) is 85.6 Å². The van der Waals surface area contributed by atoms with E-state index in [0.29, 0.717) is 18.7 Å². The predicted molar refractivity (Wildman–Crippen MR) is 150 cm³/mol. The van der Waals surface area contributed by atoms with Crippen LogP contribution in [0.2, 0.25) is 0 Å². The molecule has 0 N–H and O–H groups in total. The number of alkyl halides is 3. The van der Waals surface area contributed by atoms with Gasteiger partial charge in [-0.1, -0.05) is 32.1 Å². The number of halogens is 6. The van der Waals surface area contributed by atoms with E-state index in [2.05, 4.69) is 4.74 Å². The van der Waals surface area contributed by atoms with Crippen molar-refractivity contribution in [3.63, 3.8) is 0 Å². The molecule has 0 radical (unpaired) electrons. The largest absolute Gasteiger partial charge is 0.743 e. The summed E-state index contributed by atoms with van der Waals surface area (Å²) < 4.78 is 99.4. The lowest BCUT2D eigenvalue weighted by molar-refractivity contribution is -0.161. The van der Waals surface area contributed by atoms with Crippen LogP contribution in [0.25, 0.3) is 0 Å². The Hall–Kier alpha value is -2.67. The van der Waals surface area contributed by atoms with Crippen LogP contribution in [0.15, 0.2) is 87.5 Å². The monoisotopic (exact) mass is 652 g/mol. The predicted octanol–water partition coefficient (Wildman–Crippen LogP) is 7.84. The summed E-state index contributed by atoms with van der Waals surface area (Å²) in [6.45, 7) is -0.328. The first kappa shape index (κ1) is 35.5. The topological polar surface area (TPSA) is 83.5 Å². The van der Waals surface area contributed by atoms with E-state index >= 15 is 0 Å². The first-order chi connectivity index (χ1) is 19.9. The molecule has 0 aliphatic heterocycles. The number of ether oxygens (including phenoxy) is 1. The van der Waals surface area contributed by atoms with Gasteiger partial charge >= 0.3 is 11.2 Å². The molecule has 0 aliphatic rings. The third kappa shape index (κ3) is 11.5. The van der Waals surface area contributed by atoms with E-state index in [1.54, 1.807) is 36.4 Å². The van der Waals surface area contributed by atoms with Gasteiger partial charge in [0.15, 0.2) is 24.8 Å². The van der Waals surface area contributed by atoms with Crippen molar-refractivity contribution in [3.05, 3.63) is 90.2 Å². The van der Waals surface area contributed by atoms with Gasteiger partial charge in [-0.2, -0.15) is 8.78 Å². The second-order valence-electron chi connectivity index (χ2n) is 8.94. The summed E-state index contributed by atoms with van der Waals surface area (Å²) in [7, 11) is -6.57. The van der Waals surface area contributed by atoms with Crippen LogP contribution in [-0.4, -0.2) is 36.7 Å². The number of carbonyl (C=O) groups is 1. The molecule has 0 aliphatic carbocycles. The maximum atomic E-state index is 13.2. The van der Waals surface area contributed by atoms with Crippen LogP contribution in [0.5, 0.6) is 0 Å². The number of hydrogen-bond acceptors (Lipinski definition) is 5. The maximum absolute atomic E-state index is 13.2. The lowest BCUT2D eigenvalue weighted by atomic mass is 10.1. The normalized spacial score (nSPS) is 11.6. The Balaban J connectivity index is 0.000000296. The Morgan fingerprint density at radius 1 is 0.690 bits per heavy atom. The third-order valence-corrected chi connectivity index (χ3v) is 9.00. The van der Waals surface area contributed by atoms with Crippen molar-refractivity contribution in [2.45, 2.75) is 64.9 Å². The van der Waals surface area contributed by atoms with Crippen LogP contribution in [0.4, 0.5) is 22.0 Å². The average Bonchev–Trinajstić information content (AvgIpc) is 2.95. The number of benzene rings is 3. The van der Waals surface area contributed by atoms with Crippen molar-refractivity contribution >= 4 is 38.6 Å². The SMILES string of the molecule is Fc1ccc([S+](c2ccc(F)cc2)c2ccc(F)cc2)cc1.O=C(OCCCCCCCCCCl)C(F)(F)S(=O)(=O)[O-]. The minimum absolute atomic E-state index is 0.314. The highest BCUT2D eigenvalue weighted by atomic mass is 35.5. The van der Waals surface area contributed by atoms with E-state index in [9.17, 15) is 39.7 Å². The molecule has 0 saturated heterocycles. The first-order valence-corrected chi connectivity index (χ1v) is 16.1. The summed E-state index contributed by atoms with van der Waals surface area (Å²) in [5.74, 6) is -2.62. The molecule has 13 heteroatoms. The molecule has 3 rings (SSSR count). The van der Waals surface area contributed by atoms with Crippen LogP contribution < -0.4 is 0 Å². The molecule has 0 fully saturated rings. The molecule has 0 unspecified atom stereocenters. The van der Waals surface area contributed by atoms with Crippen LogP contribution in [0.1, 0.15) is 44.9 Å². The van der Waals surface area contributed by atoms with Gasteiger partial charge in [-0.15, -0.1) is 11.6 Å². The number of esters is 1. The lowest BCUT2D eigenvalue weighted by Gasteiger charge is -2.17. The second-order valence-corrected chi connectivity index (χ2v) is 12.8. The van der Waals surface area contributed by atoms with Crippen molar-refractivity contribution in [2.75, 3.05) is 12.5 Å². The number of hydrogen-bond donors (Lipinski definition) is 0. The van der Waals surface area contributed by atoms with Crippen LogP contribution in [-0.2, 0) is 30.5 Å². The zero-order chi connectivity index (χ0) is 31.2. The molecule has 42 heavy (non-hydrogen) atoms. The molecule has 0 aromatic heterocycles. The summed E-state index contributed by atoms with van der Waals surface area (Å²) >= 11 is 5.51. The number of unbranched alkanes of at least 4 members (excludes halogenated alkanes) is 6. The quantitative estimate of drug-likeness (QED) is 0.0443. The zero-order valence-electron chi connectivity index (χ0n) is 22.4. The van der Waals surface area contributed by atoms with Gasteiger partial charge in [0, 0.05) is 5.88 Å². The Morgan fingerprint density at radius 3 is 1.36 bits per heavy atom. The van der Waals surface area contributed by atoms with Gasteiger partial charge in [0.05, 0.1) is 17.5 Å². The highest BCUT2D eigenvalue weighted by Crippen LogP contribution is 2.31. The Morgan fingerprint density at radius 2 is 1.02 bits per heavy atom. The maximum Gasteiger partial charge on any atom is 0.428 e. The number of carbonyl (C=O) groups excluding carboxylic acids is 1. The highest BCUT2D eigenvalue weighted by Gasteiger charge is 2.48. The van der Waals surface area contributed by atoms with Gasteiger partial charge in [0.1, 0.15) is 17.5 Å². The minimum Gasteiger partial charge on any atom is -0.743 e. The summed E-state index contributed by atoms with van der Waals surface area (Å²) in [5, 5.41) is -5.02. The van der Waals surface area contributed by atoms with E-state index in [0.717, 1.165) is 46.8 Å². The summed E-state index contributed by atoms with van der Waals surface area (Å²) in [6, 6.07) is 18.5. The molecule has 5 nitrogen and oxygen atoms in total. The Kier molecular flexibility index (Phi) is 14.8. The fourth-order valence-corrected chi connectivity index (χ4v) is 6.04. The van der Waals surface area contributed by atoms with E-state index < -0.39 is 32.2 Å². The standard InChI is InChI=1S/C18H12F3S.C11H19ClF2O5S/c19-13-1-7-16(8-2-13)22(17-9-3-14(20)4-10-17)18-11-5-15(21)6-12-18;12-8-6-4-2-1-3-5-7-9-19-10(15)11(13,14)20(16,17)18/h1-12H;1-9H2,(H,16,17,18)/q+1;/p-1. The van der Waals surface area contributed by atoms with Gasteiger partial charge in [0.25, 0.3) is 0 Å². The molecule has 0 heterocycles. The minimum atomic E-state index is -6.03. The summed E-state index contributed by atoms with van der Waals surface area (Å²) in [5.41, 5.74) is 0. The molecular formula is C29H30ClF5O5S2. The lowest BCUT2D eigenvalue weighted by Crippen LogP contribution is -2.39. The van der Waals surface area contributed by atoms with Crippen molar-refractivity contribution in [1.82, 2.24) is 0 Å². The first-order valence-electron chi connectivity index (χ1n) is 12.9. The molecule has 0 atom stereocenters.